The van der Waals surface area contributed by atoms with Crippen LogP contribution in [0.5, 0.6) is 0 Å². The minimum absolute atomic E-state index is 0.189. The second-order valence-corrected chi connectivity index (χ2v) is 10.3. The van der Waals surface area contributed by atoms with E-state index in [1.807, 2.05) is 6.92 Å². The van der Waals surface area contributed by atoms with Crippen molar-refractivity contribution in [3.8, 4) is 0 Å². The lowest BCUT2D eigenvalue weighted by Gasteiger charge is -2.37. The van der Waals surface area contributed by atoms with Crippen LogP contribution in [0.15, 0.2) is 0 Å². The van der Waals surface area contributed by atoms with Crippen LogP contribution in [0.1, 0.15) is 39.0 Å². The smallest absolute Gasteiger partial charge is 0.225 e. The van der Waals surface area contributed by atoms with Crippen LogP contribution in [0.25, 0.3) is 0 Å². The van der Waals surface area contributed by atoms with Crippen molar-refractivity contribution in [2.45, 2.75) is 58.2 Å². The summed E-state index contributed by atoms with van der Waals surface area (Å²) in [6.45, 7) is 4.97. The fourth-order valence-corrected chi connectivity index (χ4v) is 5.83. The van der Waals surface area contributed by atoms with E-state index in [2.05, 4.69) is 0 Å². The van der Waals surface area contributed by atoms with Crippen molar-refractivity contribution in [1.82, 2.24) is 0 Å². The Kier molecular flexibility index (Phi) is 5.50. The summed E-state index contributed by atoms with van der Waals surface area (Å²) in [7, 11) is -3.30. The monoisotopic (exact) mass is 352 g/mol. The molecular formula is C16H21F5OSi. The average molecular weight is 352 g/mol. The van der Waals surface area contributed by atoms with E-state index in [1.54, 1.807) is 0 Å². The maximum atomic E-state index is 14.1. The van der Waals surface area contributed by atoms with Crippen molar-refractivity contribution < 1.29 is 26.4 Å². The first-order valence-electron chi connectivity index (χ1n) is 7.90. The number of rotatable bonds is 4. The summed E-state index contributed by atoms with van der Waals surface area (Å²) >= 11 is 0. The summed E-state index contributed by atoms with van der Waals surface area (Å²) in [5.41, 5.74) is 0. The molecule has 0 heterocycles. The van der Waals surface area contributed by atoms with Gasteiger partial charge in [0.05, 0.1) is 0 Å². The Morgan fingerprint density at radius 2 is 1.35 bits per heavy atom. The third-order valence-corrected chi connectivity index (χ3v) is 7.16. The van der Waals surface area contributed by atoms with Gasteiger partial charge in [-0.1, -0.05) is 26.2 Å². The highest BCUT2D eigenvalue weighted by Gasteiger charge is 2.41. The highest BCUT2D eigenvalue weighted by molar-refractivity contribution is 6.84. The molecule has 0 N–H and O–H groups in total. The van der Waals surface area contributed by atoms with Crippen molar-refractivity contribution >= 4 is 13.5 Å². The molecule has 0 aromatic heterocycles. The molecule has 0 saturated heterocycles. The molecule has 1 aromatic carbocycles. The molecule has 1 aliphatic rings. The van der Waals surface area contributed by atoms with E-state index in [1.165, 1.54) is 13.1 Å². The molecule has 1 fully saturated rings. The SMILES string of the molecule is CCC1CCCCC1O[Si](C)(C)c1c(F)c(F)c(F)c(F)c1F. The Hall–Kier alpha value is -0.953. The molecule has 2 rings (SSSR count). The fraction of sp³-hybridized carbons (Fsp3) is 0.625. The summed E-state index contributed by atoms with van der Waals surface area (Å²) in [4.78, 5) is 0. The standard InChI is InChI=1S/C16H21F5OSi/c1-4-9-7-5-6-8-10(9)22-23(2,3)16-14(20)12(18)11(17)13(19)15(16)21/h9-10H,4-8H2,1-3H3. The molecule has 0 spiro atoms. The first kappa shape index (κ1) is 18.4. The van der Waals surface area contributed by atoms with E-state index in [0.29, 0.717) is 0 Å². The maximum absolute atomic E-state index is 14.1. The van der Waals surface area contributed by atoms with Gasteiger partial charge in [-0.15, -0.1) is 0 Å². The van der Waals surface area contributed by atoms with Gasteiger partial charge in [-0.25, -0.2) is 22.0 Å². The van der Waals surface area contributed by atoms with Gasteiger partial charge < -0.3 is 4.43 Å². The molecule has 23 heavy (non-hydrogen) atoms. The van der Waals surface area contributed by atoms with Crippen LogP contribution in [-0.2, 0) is 4.43 Å². The van der Waals surface area contributed by atoms with Crippen LogP contribution in [0, 0.1) is 35.0 Å². The van der Waals surface area contributed by atoms with Gasteiger partial charge in [-0.3, -0.25) is 0 Å². The van der Waals surface area contributed by atoms with Crippen LogP contribution in [0.4, 0.5) is 22.0 Å². The molecule has 2 atom stereocenters. The lowest BCUT2D eigenvalue weighted by molar-refractivity contribution is 0.0852. The van der Waals surface area contributed by atoms with Crippen molar-refractivity contribution in [3.63, 3.8) is 0 Å². The topological polar surface area (TPSA) is 9.23 Å². The quantitative estimate of drug-likeness (QED) is 0.328. The molecule has 1 aromatic rings. The third kappa shape index (κ3) is 3.45. The predicted octanol–water partition coefficient (Wildman–Crippen LogP) is 4.78. The van der Waals surface area contributed by atoms with Crippen LogP contribution >= 0.6 is 0 Å². The zero-order valence-electron chi connectivity index (χ0n) is 13.5. The largest absolute Gasteiger partial charge is 0.410 e. The van der Waals surface area contributed by atoms with Crippen LogP contribution in [0.3, 0.4) is 0 Å². The Bertz CT molecular complexity index is 561. The predicted molar refractivity (Wildman–Crippen MR) is 80.5 cm³/mol. The molecule has 0 amide bonds. The van der Waals surface area contributed by atoms with Crippen molar-refractivity contribution in [2.24, 2.45) is 5.92 Å². The first-order chi connectivity index (χ1) is 10.7. The molecule has 130 valence electrons. The number of hydrogen-bond acceptors (Lipinski definition) is 1. The molecule has 7 heteroatoms. The zero-order valence-corrected chi connectivity index (χ0v) is 14.5. The van der Waals surface area contributed by atoms with Gasteiger partial charge in [-0.05, 0) is 31.9 Å². The van der Waals surface area contributed by atoms with E-state index in [4.69, 9.17) is 4.43 Å². The Balaban J connectivity index is 2.40. The van der Waals surface area contributed by atoms with Crippen LogP contribution in [0.2, 0.25) is 13.1 Å². The molecule has 1 aliphatic carbocycles. The minimum Gasteiger partial charge on any atom is -0.410 e. The average Bonchev–Trinajstić information content (AvgIpc) is 2.51. The second kappa shape index (κ2) is 6.89. The molecule has 1 saturated carbocycles. The minimum atomic E-state index is -3.30. The number of benzene rings is 1. The highest BCUT2D eigenvalue weighted by atomic mass is 28.4. The normalized spacial score (nSPS) is 22.4. The van der Waals surface area contributed by atoms with Crippen LogP contribution < -0.4 is 5.19 Å². The Morgan fingerprint density at radius 3 is 1.87 bits per heavy atom. The van der Waals surface area contributed by atoms with Gasteiger partial charge >= 0.3 is 0 Å². The van der Waals surface area contributed by atoms with Gasteiger partial charge in [0.25, 0.3) is 0 Å². The van der Waals surface area contributed by atoms with Gasteiger partial charge in [0, 0.05) is 11.3 Å². The van der Waals surface area contributed by atoms with E-state index in [-0.39, 0.29) is 12.0 Å². The summed E-state index contributed by atoms with van der Waals surface area (Å²) in [6.07, 6.45) is 4.41. The van der Waals surface area contributed by atoms with Gasteiger partial charge in [0.1, 0.15) is 0 Å². The highest BCUT2D eigenvalue weighted by Crippen LogP contribution is 2.32. The summed E-state index contributed by atoms with van der Waals surface area (Å²) in [6, 6.07) is 0. The van der Waals surface area contributed by atoms with E-state index >= 15 is 0 Å². The number of halogens is 5. The van der Waals surface area contributed by atoms with Gasteiger partial charge in [0.15, 0.2) is 23.3 Å². The molecular weight excluding hydrogens is 331 g/mol. The van der Waals surface area contributed by atoms with E-state index in [0.717, 1.165) is 32.1 Å². The fourth-order valence-electron chi connectivity index (χ4n) is 3.37. The third-order valence-electron chi connectivity index (χ3n) is 4.62. The lowest BCUT2D eigenvalue weighted by Crippen LogP contribution is -2.53. The van der Waals surface area contributed by atoms with Crippen molar-refractivity contribution in [1.29, 1.82) is 0 Å². The molecule has 2 unspecified atom stereocenters. The van der Waals surface area contributed by atoms with Crippen LogP contribution in [-0.4, -0.2) is 14.4 Å². The van der Waals surface area contributed by atoms with Crippen molar-refractivity contribution in [2.75, 3.05) is 0 Å². The number of hydrogen-bond donors (Lipinski definition) is 0. The second-order valence-electron chi connectivity index (χ2n) is 6.56. The first-order valence-corrected chi connectivity index (χ1v) is 10.8. The van der Waals surface area contributed by atoms with E-state index in [9.17, 15) is 22.0 Å². The van der Waals surface area contributed by atoms with Crippen molar-refractivity contribution in [3.05, 3.63) is 29.1 Å². The summed E-state index contributed by atoms with van der Waals surface area (Å²) < 4.78 is 74.2. The summed E-state index contributed by atoms with van der Waals surface area (Å²) in [5, 5.41) is -0.769. The van der Waals surface area contributed by atoms with Gasteiger partial charge in [-0.2, -0.15) is 0 Å². The molecule has 0 aliphatic heterocycles. The lowest BCUT2D eigenvalue weighted by atomic mass is 9.85. The zero-order chi connectivity index (χ0) is 17.4. The molecule has 0 radical (unpaired) electrons. The maximum Gasteiger partial charge on any atom is 0.225 e. The van der Waals surface area contributed by atoms with Gasteiger partial charge in [0.2, 0.25) is 14.1 Å². The molecule has 1 nitrogen and oxygen atoms in total. The summed E-state index contributed by atoms with van der Waals surface area (Å²) in [5.74, 6) is -9.20. The Labute approximate surface area is 134 Å². The Morgan fingerprint density at radius 1 is 0.870 bits per heavy atom. The molecule has 0 bridgehead atoms. The van der Waals surface area contributed by atoms with E-state index < -0.39 is 42.6 Å².